The number of benzene rings is 3. The average molecular weight is 490 g/mol. The predicted molar refractivity (Wildman–Crippen MR) is 151 cm³/mol. The van der Waals surface area contributed by atoms with Crippen molar-refractivity contribution >= 4 is 27.6 Å². The molecule has 0 bridgehead atoms. The molecule has 0 spiro atoms. The Bertz CT molecular complexity index is 1650. The first-order chi connectivity index (χ1) is 18.2. The smallest absolute Gasteiger partial charge is 0.277 e. The number of aromatic nitrogens is 2. The molecule has 1 saturated carbocycles. The number of hydrogen-bond donors (Lipinski definition) is 1. The van der Waals surface area contributed by atoms with Crippen LogP contribution in [0.5, 0.6) is 0 Å². The predicted octanol–water partition coefficient (Wildman–Crippen LogP) is 7.48. The van der Waals surface area contributed by atoms with Crippen LogP contribution in [0.3, 0.4) is 0 Å². The molecule has 1 aliphatic rings. The normalized spacial score (nSPS) is 13.2. The van der Waals surface area contributed by atoms with E-state index in [1.54, 1.807) is 10.8 Å². The minimum Gasteiger partial charge on any atom is -0.456 e. The number of rotatable bonds is 8. The summed E-state index contributed by atoms with van der Waals surface area (Å²) in [6, 6.07) is 22.7. The first-order valence-electron chi connectivity index (χ1n) is 13.2. The molecule has 5 aromatic rings. The second-order valence-corrected chi connectivity index (χ2v) is 9.86. The van der Waals surface area contributed by atoms with Crippen molar-refractivity contribution in [3.05, 3.63) is 106 Å². The topological polar surface area (TPSA) is 60.1 Å². The molecule has 0 unspecified atom stereocenters. The van der Waals surface area contributed by atoms with E-state index in [4.69, 9.17) is 9.40 Å². The quantitative estimate of drug-likeness (QED) is 0.230. The SMILES string of the molecule is CCCc1ccc(-c2ncc(NCc3ccc4oc5ccccc5c4c3)c(=O)n2CC=C2CCC2)cc1. The summed E-state index contributed by atoms with van der Waals surface area (Å²) in [5, 5.41) is 5.53. The Morgan fingerprint density at radius 1 is 0.973 bits per heavy atom. The van der Waals surface area contributed by atoms with Gasteiger partial charge in [0.25, 0.3) is 5.56 Å². The molecule has 1 N–H and O–H groups in total. The van der Waals surface area contributed by atoms with Gasteiger partial charge in [-0.1, -0.05) is 73.5 Å². The van der Waals surface area contributed by atoms with Crippen molar-refractivity contribution in [2.75, 3.05) is 5.32 Å². The minimum atomic E-state index is -0.0475. The highest BCUT2D eigenvalue weighted by atomic mass is 16.3. The fraction of sp³-hybridized carbons (Fsp3) is 0.250. The van der Waals surface area contributed by atoms with Crippen LogP contribution < -0.4 is 10.9 Å². The number of fused-ring (bicyclic) bond motifs is 3. The molecule has 0 atom stereocenters. The number of allylic oxidation sites excluding steroid dienone is 2. The van der Waals surface area contributed by atoms with Gasteiger partial charge in [0, 0.05) is 29.4 Å². The van der Waals surface area contributed by atoms with Crippen molar-refractivity contribution in [3.8, 4) is 11.4 Å². The van der Waals surface area contributed by atoms with Crippen molar-refractivity contribution in [1.29, 1.82) is 0 Å². The lowest BCUT2D eigenvalue weighted by molar-refractivity contribution is 0.645. The van der Waals surface area contributed by atoms with E-state index in [1.165, 1.54) is 17.6 Å². The Labute approximate surface area is 216 Å². The third kappa shape index (κ3) is 4.69. The lowest BCUT2D eigenvalue weighted by Gasteiger charge is -2.18. The van der Waals surface area contributed by atoms with Crippen LogP contribution in [0.25, 0.3) is 33.3 Å². The van der Waals surface area contributed by atoms with Crippen LogP contribution in [0.4, 0.5) is 5.69 Å². The first-order valence-corrected chi connectivity index (χ1v) is 13.2. The van der Waals surface area contributed by atoms with Crippen LogP contribution in [0, 0.1) is 0 Å². The maximum Gasteiger partial charge on any atom is 0.277 e. The van der Waals surface area contributed by atoms with E-state index in [-0.39, 0.29) is 5.56 Å². The molecule has 2 aromatic heterocycles. The zero-order valence-electron chi connectivity index (χ0n) is 21.2. The number of hydrogen-bond acceptors (Lipinski definition) is 4. The maximum absolute atomic E-state index is 13.6. The van der Waals surface area contributed by atoms with Gasteiger partial charge in [0.05, 0.1) is 6.20 Å². The average Bonchev–Trinajstić information content (AvgIpc) is 3.27. The molecule has 5 heteroatoms. The highest BCUT2D eigenvalue weighted by Crippen LogP contribution is 2.29. The number of aryl methyl sites for hydroxylation is 1. The van der Waals surface area contributed by atoms with Crippen LogP contribution in [-0.2, 0) is 19.5 Å². The van der Waals surface area contributed by atoms with Crippen molar-refractivity contribution in [3.63, 3.8) is 0 Å². The molecule has 3 aromatic carbocycles. The van der Waals surface area contributed by atoms with Crippen molar-refractivity contribution in [2.24, 2.45) is 0 Å². The van der Waals surface area contributed by atoms with Gasteiger partial charge in [-0.2, -0.15) is 0 Å². The van der Waals surface area contributed by atoms with Crippen LogP contribution in [0.15, 0.2) is 93.8 Å². The minimum absolute atomic E-state index is 0.0475. The van der Waals surface area contributed by atoms with Gasteiger partial charge >= 0.3 is 0 Å². The molecule has 186 valence electrons. The van der Waals surface area contributed by atoms with Crippen LogP contribution in [-0.4, -0.2) is 9.55 Å². The van der Waals surface area contributed by atoms with Gasteiger partial charge < -0.3 is 9.73 Å². The van der Waals surface area contributed by atoms with Gasteiger partial charge in [-0.3, -0.25) is 9.36 Å². The zero-order chi connectivity index (χ0) is 25.2. The molecule has 1 fully saturated rings. The second-order valence-electron chi connectivity index (χ2n) is 9.86. The zero-order valence-corrected chi connectivity index (χ0v) is 21.2. The molecule has 0 aliphatic heterocycles. The number of nitrogens with one attached hydrogen (secondary N) is 1. The Hall–Kier alpha value is -4.12. The lowest BCUT2D eigenvalue weighted by Crippen LogP contribution is -2.26. The molecule has 1 aliphatic carbocycles. The van der Waals surface area contributed by atoms with Crippen molar-refractivity contribution in [2.45, 2.75) is 52.1 Å². The Morgan fingerprint density at radius 3 is 2.54 bits per heavy atom. The second kappa shape index (κ2) is 10.1. The summed E-state index contributed by atoms with van der Waals surface area (Å²) in [6.07, 6.45) is 9.54. The van der Waals surface area contributed by atoms with E-state index in [9.17, 15) is 4.79 Å². The van der Waals surface area contributed by atoms with E-state index in [0.717, 1.165) is 58.7 Å². The molecule has 0 amide bonds. The third-order valence-electron chi connectivity index (χ3n) is 7.28. The summed E-state index contributed by atoms with van der Waals surface area (Å²) in [6.45, 7) is 3.25. The van der Waals surface area contributed by atoms with Crippen molar-refractivity contribution in [1.82, 2.24) is 9.55 Å². The van der Waals surface area contributed by atoms with Crippen LogP contribution >= 0.6 is 0 Å². The number of para-hydroxylation sites is 1. The van der Waals surface area contributed by atoms with Crippen LogP contribution in [0.2, 0.25) is 0 Å². The van der Waals surface area contributed by atoms with E-state index in [2.05, 4.69) is 54.7 Å². The molecule has 6 rings (SSSR count). The van der Waals surface area contributed by atoms with E-state index >= 15 is 0 Å². The molecule has 0 saturated heterocycles. The molecule has 2 heterocycles. The number of nitrogens with zero attached hydrogens (tertiary/aromatic N) is 2. The summed E-state index contributed by atoms with van der Waals surface area (Å²) >= 11 is 0. The summed E-state index contributed by atoms with van der Waals surface area (Å²) in [5.74, 6) is 0.709. The van der Waals surface area contributed by atoms with Crippen molar-refractivity contribution < 1.29 is 4.42 Å². The lowest BCUT2D eigenvalue weighted by atomic mass is 9.92. The fourth-order valence-electron chi connectivity index (χ4n) is 5.01. The monoisotopic (exact) mass is 489 g/mol. The van der Waals surface area contributed by atoms with Crippen LogP contribution in [0.1, 0.15) is 43.7 Å². The van der Waals surface area contributed by atoms with Gasteiger partial charge in [-0.05, 0) is 55.0 Å². The van der Waals surface area contributed by atoms with E-state index < -0.39 is 0 Å². The molecular formula is C32H31N3O2. The molecule has 5 nitrogen and oxygen atoms in total. The number of furan rings is 1. The standard InChI is InChI=1S/C32H31N3O2/c1-2-6-22-11-14-25(15-12-22)31-34-21-28(32(36)35(31)18-17-23-7-5-8-23)33-20-24-13-16-30-27(19-24)26-9-3-4-10-29(26)37-30/h3-4,9-17,19,21,33H,2,5-8,18,20H2,1H3. The third-order valence-corrected chi connectivity index (χ3v) is 7.28. The maximum atomic E-state index is 13.6. The van der Waals surface area contributed by atoms with Gasteiger partial charge in [0.15, 0.2) is 0 Å². The van der Waals surface area contributed by atoms with E-state index in [1.807, 2.05) is 30.3 Å². The summed E-state index contributed by atoms with van der Waals surface area (Å²) in [7, 11) is 0. The Balaban J connectivity index is 1.30. The summed E-state index contributed by atoms with van der Waals surface area (Å²) < 4.78 is 7.75. The van der Waals surface area contributed by atoms with E-state index in [0.29, 0.717) is 24.6 Å². The first kappa shape index (κ1) is 23.3. The summed E-state index contributed by atoms with van der Waals surface area (Å²) in [4.78, 5) is 18.4. The van der Waals surface area contributed by atoms with Gasteiger partial charge in [0.1, 0.15) is 22.7 Å². The van der Waals surface area contributed by atoms with Gasteiger partial charge in [-0.15, -0.1) is 0 Å². The Kier molecular flexibility index (Phi) is 6.35. The largest absolute Gasteiger partial charge is 0.456 e. The fourth-order valence-corrected chi connectivity index (χ4v) is 5.01. The highest BCUT2D eigenvalue weighted by molar-refractivity contribution is 6.05. The van der Waals surface area contributed by atoms with Gasteiger partial charge in [0.2, 0.25) is 0 Å². The molecular weight excluding hydrogens is 458 g/mol. The Morgan fingerprint density at radius 2 is 1.76 bits per heavy atom. The summed E-state index contributed by atoms with van der Waals surface area (Å²) in [5.41, 5.74) is 6.99. The molecule has 37 heavy (non-hydrogen) atoms. The number of anilines is 1. The molecule has 0 radical (unpaired) electrons. The highest BCUT2D eigenvalue weighted by Gasteiger charge is 2.14. The van der Waals surface area contributed by atoms with Gasteiger partial charge in [-0.25, -0.2) is 4.98 Å².